The second-order valence-electron chi connectivity index (χ2n) is 4.09. The standard InChI is InChI=1S/C14H18N2O/c1-17-8-4-5-12-9-11(10-15)13-6-2-3-7-14(13)16-12/h2-3,6-7,9H,4-5,8,10,15H2,1H3. The number of fused-ring (bicyclic) bond motifs is 1. The Morgan fingerprint density at radius 2 is 2.12 bits per heavy atom. The molecule has 0 amide bonds. The molecule has 3 nitrogen and oxygen atoms in total. The lowest BCUT2D eigenvalue weighted by molar-refractivity contribution is 0.195. The normalized spacial score (nSPS) is 10.9. The Morgan fingerprint density at radius 1 is 1.29 bits per heavy atom. The fourth-order valence-electron chi connectivity index (χ4n) is 2.00. The first-order chi connectivity index (χ1) is 8.35. The summed E-state index contributed by atoms with van der Waals surface area (Å²) < 4.78 is 5.06. The molecule has 17 heavy (non-hydrogen) atoms. The molecule has 1 heterocycles. The molecule has 1 aromatic carbocycles. The lowest BCUT2D eigenvalue weighted by Crippen LogP contribution is -2.02. The zero-order valence-corrected chi connectivity index (χ0v) is 10.1. The molecule has 2 rings (SSSR count). The molecule has 0 bridgehead atoms. The van der Waals surface area contributed by atoms with Crippen LogP contribution in [0.15, 0.2) is 30.3 Å². The third kappa shape index (κ3) is 2.81. The third-order valence-corrected chi connectivity index (χ3v) is 2.86. The van der Waals surface area contributed by atoms with Gasteiger partial charge in [-0.3, -0.25) is 4.98 Å². The quantitative estimate of drug-likeness (QED) is 0.802. The maximum absolute atomic E-state index is 5.79. The molecule has 0 saturated carbocycles. The molecule has 0 radical (unpaired) electrons. The van der Waals surface area contributed by atoms with Gasteiger partial charge < -0.3 is 10.5 Å². The Bertz CT molecular complexity index is 497. The lowest BCUT2D eigenvalue weighted by Gasteiger charge is -2.07. The van der Waals surface area contributed by atoms with Gasteiger partial charge in [0, 0.05) is 31.3 Å². The van der Waals surface area contributed by atoms with E-state index >= 15 is 0 Å². The SMILES string of the molecule is COCCCc1cc(CN)c2ccccc2n1. The highest BCUT2D eigenvalue weighted by atomic mass is 16.5. The van der Waals surface area contributed by atoms with Crippen LogP contribution < -0.4 is 5.73 Å². The summed E-state index contributed by atoms with van der Waals surface area (Å²) in [6, 6.07) is 10.2. The summed E-state index contributed by atoms with van der Waals surface area (Å²) in [6.07, 6.45) is 1.93. The molecule has 0 atom stereocenters. The van der Waals surface area contributed by atoms with Gasteiger partial charge in [-0.25, -0.2) is 0 Å². The minimum atomic E-state index is 0.556. The predicted octanol–water partition coefficient (Wildman–Crippen LogP) is 2.27. The van der Waals surface area contributed by atoms with Gasteiger partial charge in [-0.2, -0.15) is 0 Å². The first-order valence-corrected chi connectivity index (χ1v) is 5.91. The number of ether oxygens (including phenoxy) is 1. The van der Waals surface area contributed by atoms with E-state index in [9.17, 15) is 0 Å². The zero-order chi connectivity index (χ0) is 12.1. The molecule has 0 fully saturated rings. The van der Waals surface area contributed by atoms with Gasteiger partial charge in [-0.1, -0.05) is 18.2 Å². The number of para-hydroxylation sites is 1. The maximum Gasteiger partial charge on any atom is 0.0708 e. The Morgan fingerprint density at radius 3 is 2.88 bits per heavy atom. The number of benzene rings is 1. The molecule has 0 saturated heterocycles. The highest BCUT2D eigenvalue weighted by Crippen LogP contribution is 2.18. The smallest absolute Gasteiger partial charge is 0.0708 e. The zero-order valence-electron chi connectivity index (χ0n) is 10.1. The van der Waals surface area contributed by atoms with E-state index in [1.54, 1.807) is 7.11 Å². The van der Waals surface area contributed by atoms with Crippen molar-refractivity contribution in [2.75, 3.05) is 13.7 Å². The van der Waals surface area contributed by atoms with Gasteiger partial charge >= 0.3 is 0 Å². The van der Waals surface area contributed by atoms with Crippen molar-refractivity contribution in [3.8, 4) is 0 Å². The Labute approximate surface area is 102 Å². The molecule has 3 heteroatoms. The Hall–Kier alpha value is -1.45. The third-order valence-electron chi connectivity index (χ3n) is 2.86. The summed E-state index contributed by atoms with van der Waals surface area (Å²) in [5, 5.41) is 1.16. The van der Waals surface area contributed by atoms with Crippen LogP contribution in [0.25, 0.3) is 10.9 Å². The number of nitrogens with two attached hydrogens (primary N) is 1. The molecule has 2 aromatic rings. The minimum Gasteiger partial charge on any atom is -0.385 e. The van der Waals surface area contributed by atoms with E-state index < -0.39 is 0 Å². The predicted molar refractivity (Wildman–Crippen MR) is 69.8 cm³/mol. The maximum atomic E-state index is 5.79. The number of pyridine rings is 1. The van der Waals surface area contributed by atoms with Crippen molar-refractivity contribution in [2.24, 2.45) is 5.73 Å². The molecule has 0 spiro atoms. The molecular weight excluding hydrogens is 212 g/mol. The van der Waals surface area contributed by atoms with Crippen LogP contribution in [-0.2, 0) is 17.7 Å². The van der Waals surface area contributed by atoms with Crippen LogP contribution in [-0.4, -0.2) is 18.7 Å². The number of aryl methyl sites for hydroxylation is 1. The molecule has 0 aliphatic rings. The minimum absolute atomic E-state index is 0.556. The highest BCUT2D eigenvalue weighted by Gasteiger charge is 2.04. The fourth-order valence-corrected chi connectivity index (χ4v) is 2.00. The van der Waals surface area contributed by atoms with E-state index in [1.165, 1.54) is 5.56 Å². The van der Waals surface area contributed by atoms with Crippen LogP contribution in [0.1, 0.15) is 17.7 Å². The van der Waals surface area contributed by atoms with Crippen molar-refractivity contribution in [2.45, 2.75) is 19.4 Å². The molecule has 0 aliphatic heterocycles. The van der Waals surface area contributed by atoms with Gasteiger partial charge in [0.05, 0.1) is 5.52 Å². The molecule has 0 unspecified atom stereocenters. The molecule has 2 N–H and O–H groups in total. The Kier molecular flexibility index (Phi) is 4.07. The van der Waals surface area contributed by atoms with Crippen LogP contribution in [0.2, 0.25) is 0 Å². The summed E-state index contributed by atoms with van der Waals surface area (Å²) in [4.78, 5) is 4.64. The van der Waals surface area contributed by atoms with Crippen molar-refractivity contribution >= 4 is 10.9 Å². The monoisotopic (exact) mass is 230 g/mol. The summed E-state index contributed by atoms with van der Waals surface area (Å²) in [7, 11) is 1.72. The van der Waals surface area contributed by atoms with Crippen LogP contribution in [0, 0.1) is 0 Å². The van der Waals surface area contributed by atoms with Gasteiger partial charge in [0.2, 0.25) is 0 Å². The van der Waals surface area contributed by atoms with Crippen molar-refractivity contribution in [1.29, 1.82) is 0 Å². The van der Waals surface area contributed by atoms with Crippen molar-refractivity contribution in [3.63, 3.8) is 0 Å². The number of methoxy groups -OCH3 is 1. The van der Waals surface area contributed by atoms with Gasteiger partial charge in [-0.15, -0.1) is 0 Å². The van der Waals surface area contributed by atoms with Crippen LogP contribution in [0.4, 0.5) is 0 Å². The fraction of sp³-hybridized carbons (Fsp3) is 0.357. The number of hydrogen-bond donors (Lipinski definition) is 1. The second-order valence-corrected chi connectivity index (χ2v) is 4.09. The lowest BCUT2D eigenvalue weighted by atomic mass is 10.1. The number of hydrogen-bond acceptors (Lipinski definition) is 3. The molecule has 90 valence electrons. The van der Waals surface area contributed by atoms with Gasteiger partial charge in [0.15, 0.2) is 0 Å². The molecule has 1 aromatic heterocycles. The molecular formula is C14H18N2O. The number of rotatable bonds is 5. The molecule has 0 aliphatic carbocycles. The van der Waals surface area contributed by atoms with Crippen molar-refractivity contribution in [3.05, 3.63) is 41.6 Å². The van der Waals surface area contributed by atoms with Gasteiger partial charge in [0.1, 0.15) is 0 Å². The second kappa shape index (κ2) is 5.75. The summed E-state index contributed by atoms with van der Waals surface area (Å²) in [5.41, 5.74) is 9.09. The summed E-state index contributed by atoms with van der Waals surface area (Å²) in [6.45, 7) is 1.33. The average molecular weight is 230 g/mol. The largest absolute Gasteiger partial charge is 0.385 e. The first-order valence-electron chi connectivity index (χ1n) is 5.91. The van der Waals surface area contributed by atoms with E-state index in [4.69, 9.17) is 10.5 Å². The highest BCUT2D eigenvalue weighted by molar-refractivity contribution is 5.82. The average Bonchev–Trinajstić information content (AvgIpc) is 2.38. The van der Waals surface area contributed by atoms with Gasteiger partial charge in [-0.05, 0) is 30.5 Å². The van der Waals surface area contributed by atoms with Gasteiger partial charge in [0.25, 0.3) is 0 Å². The number of aromatic nitrogens is 1. The van der Waals surface area contributed by atoms with Crippen LogP contribution >= 0.6 is 0 Å². The van der Waals surface area contributed by atoms with Crippen molar-refractivity contribution < 1.29 is 4.74 Å². The van der Waals surface area contributed by atoms with Crippen molar-refractivity contribution in [1.82, 2.24) is 4.98 Å². The topological polar surface area (TPSA) is 48.1 Å². The Balaban J connectivity index is 2.32. The number of nitrogens with zero attached hydrogens (tertiary/aromatic N) is 1. The van der Waals surface area contributed by atoms with E-state index in [-0.39, 0.29) is 0 Å². The van der Waals surface area contributed by atoms with Crippen LogP contribution in [0.3, 0.4) is 0 Å². The van der Waals surface area contributed by atoms with E-state index in [0.29, 0.717) is 6.54 Å². The summed E-state index contributed by atoms with van der Waals surface area (Å²) >= 11 is 0. The van der Waals surface area contributed by atoms with Crippen LogP contribution in [0.5, 0.6) is 0 Å². The summed E-state index contributed by atoms with van der Waals surface area (Å²) in [5.74, 6) is 0. The van der Waals surface area contributed by atoms with E-state index in [1.807, 2.05) is 18.2 Å². The van der Waals surface area contributed by atoms with E-state index in [0.717, 1.165) is 36.0 Å². The first kappa shape index (κ1) is 12.0. The van der Waals surface area contributed by atoms with E-state index in [2.05, 4.69) is 17.1 Å².